The fourth-order valence-electron chi connectivity index (χ4n) is 1.27. The predicted molar refractivity (Wildman–Crippen MR) is 61.3 cm³/mol. The van der Waals surface area contributed by atoms with E-state index in [4.69, 9.17) is 11.6 Å². The van der Waals surface area contributed by atoms with Gasteiger partial charge in [-0.3, -0.25) is 0 Å². The zero-order valence-electron chi connectivity index (χ0n) is 8.45. The summed E-state index contributed by atoms with van der Waals surface area (Å²) in [6.07, 6.45) is -7.25. The van der Waals surface area contributed by atoms with Crippen molar-refractivity contribution in [3.05, 3.63) is 34.3 Å². The van der Waals surface area contributed by atoms with E-state index in [1.807, 2.05) is 0 Å². The molecule has 0 aliphatic heterocycles. The Hall–Kier alpha value is -0.430. The minimum Gasteiger partial charge on any atom is -0.389 e. The van der Waals surface area contributed by atoms with Crippen LogP contribution >= 0.6 is 24.2 Å². The second kappa shape index (κ2) is 5.48. The topological polar surface area (TPSA) is 40.5 Å². The Labute approximate surface area is 106 Å². The molecule has 1 aromatic rings. The van der Waals surface area contributed by atoms with E-state index in [-0.39, 0.29) is 16.3 Å². The molecule has 0 aromatic heterocycles. The van der Waals surface area contributed by atoms with Crippen LogP contribution in [-0.4, -0.2) is 22.1 Å². The van der Waals surface area contributed by atoms with E-state index < -0.39 is 23.9 Å². The Kier molecular flexibility index (Phi) is 4.71. The Bertz CT molecular complexity index is 398. The van der Waals surface area contributed by atoms with Crippen molar-refractivity contribution in [1.82, 2.24) is 0 Å². The van der Waals surface area contributed by atoms with Crippen molar-refractivity contribution in [2.45, 2.75) is 18.4 Å². The van der Waals surface area contributed by atoms with Crippen LogP contribution in [0.2, 0.25) is 5.02 Å². The maximum absolute atomic E-state index is 12.5. The van der Waals surface area contributed by atoms with Crippen LogP contribution in [0.15, 0.2) is 18.2 Å². The summed E-state index contributed by atoms with van der Waals surface area (Å²) in [4.78, 5) is 0. The summed E-state index contributed by atoms with van der Waals surface area (Å²) in [5.41, 5.74) is -1.06. The number of thiol groups is 1. The van der Waals surface area contributed by atoms with Gasteiger partial charge in [0, 0.05) is 10.8 Å². The Morgan fingerprint density at radius 1 is 1.24 bits per heavy atom. The van der Waals surface area contributed by atoms with Gasteiger partial charge in [0.25, 0.3) is 0 Å². The fourth-order valence-corrected chi connectivity index (χ4v) is 1.71. The van der Waals surface area contributed by atoms with Crippen LogP contribution in [0.3, 0.4) is 0 Å². The normalized spacial score (nSPS) is 15.7. The minimum absolute atomic E-state index is 0.0744. The Balaban J connectivity index is 3.14. The van der Waals surface area contributed by atoms with E-state index in [1.165, 1.54) is 6.07 Å². The quantitative estimate of drug-likeness (QED) is 0.748. The van der Waals surface area contributed by atoms with Crippen LogP contribution in [0, 0.1) is 0 Å². The first-order chi connectivity index (χ1) is 7.75. The average molecular weight is 287 g/mol. The number of aliphatic hydroxyl groups is 2. The molecule has 0 spiro atoms. The fraction of sp³-hybridized carbons (Fsp3) is 0.400. The summed E-state index contributed by atoms with van der Waals surface area (Å²) >= 11 is 9.28. The minimum atomic E-state index is -4.55. The van der Waals surface area contributed by atoms with E-state index in [2.05, 4.69) is 12.6 Å². The highest BCUT2D eigenvalue weighted by molar-refractivity contribution is 7.80. The summed E-state index contributed by atoms with van der Waals surface area (Å²) in [5, 5.41) is 18.7. The van der Waals surface area contributed by atoms with Gasteiger partial charge in [-0.2, -0.15) is 25.8 Å². The Morgan fingerprint density at radius 2 is 1.82 bits per heavy atom. The molecule has 7 heteroatoms. The molecule has 0 heterocycles. The first-order valence-electron chi connectivity index (χ1n) is 4.60. The maximum Gasteiger partial charge on any atom is 0.416 e. The van der Waals surface area contributed by atoms with Gasteiger partial charge in [0.05, 0.1) is 11.7 Å². The van der Waals surface area contributed by atoms with Crippen LogP contribution in [-0.2, 0) is 6.18 Å². The van der Waals surface area contributed by atoms with Crippen LogP contribution in [0.1, 0.15) is 17.2 Å². The van der Waals surface area contributed by atoms with Gasteiger partial charge in [-0.15, -0.1) is 0 Å². The van der Waals surface area contributed by atoms with Crippen LogP contribution in [0.25, 0.3) is 0 Å². The lowest BCUT2D eigenvalue weighted by Gasteiger charge is -2.18. The Morgan fingerprint density at radius 3 is 2.29 bits per heavy atom. The van der Waals surface area contributed by atoms with Crippen molar-refractivity contribution in [2.24, 2.45) is 0 Å². The van der Waals surface area contributed by atoms with Gasteiger partial charge < -0.3 is 10.2 Å². The first kappa shape index (κ1) is 14.6. The first-order valence-corrected chi connectivity index (χ1v) is 5.61. The molecule has 0 bridgehead atoms. The van der Waals surface area contributed by atoms with Crippen molar-refractivity contribution in [2.75, 3.05) is 5.75 Å². The summed E-state index contributed by atoms with van der Waals surface area (Å²) in [6.45, 7) is 0. The van der Waals surface area contributed by atoms with E-state index in [0.29, 0.717) is 0 Å². The number of halogens is 4. The lowest BCUT2D eigenvalue weighted by Crippen LogP contribution is -2.20. The van der Waals surface area contributed by atoms with Gasteiger partial charge in [-0.1, -0.05) is 11.6 Å². The van der Waals surface area contributed by atoms with E-state index in [1.54, 1.807) is 0 Å². The monoisotopic (exact) mass is 286 g/mol. The predicted octanol–water partition coefficient (Wildman–Crippen LogP) is 2.68. The standard InChI is InChI=1S/C10H10ClF3O2S/c11-7-2-5(9(16)8(15)4-17)1-6(3-7)10(12,13)14/h1-3,8-9,15-17H,4H2. The third-order valence-corrected chi connectivity index (χ3v) is 2.73. The maximum atomic E-state index is 12.5. The number of benzene rings is 1. The third kappa shape index (κ3) is 3.77. The molecule has 0 amide bonds. The van der Waals surface area contributed by atoms with Crippen molar-refractivity contribution in [3.63, 3.8) is 0 Å². The number of hydrogen-bond acceptors (Lipinski definition) is 3. The lowest BCUT2D eigenvalue weighted by atomic mass is 10.0. The molecular weight excluding hydrogens is 277 g/mol. The number of rotatable bonds is 3. The van der Waals surface area contributed by atoms with Gasteiger partial charge in [0.15, 0.2) is 0 Å². The number of aliphatic hydroxyl groups excluding tert-OH is 2. The molecule has 0 saturated carbocycles. The average Bonchev–Trinajstić information content (AvgIpc) is 2.25. The molecule has 96 valence electrons. The molecule has 2 nitrogen and oxygen atoms in total. The zero-order chi connectivity index (χ0) is 13.2. The van der Waals surface area contributed by atoms with Crippen LogP contribution in [0.5, 0.6) is 0 Å². The molecule has 0 aliphatic rings. The van der Waals surface area contributed by atoms with Gasteiger partial charge in [-0.25, -0.2) is 0 Å². The van der Waals surface area contributed by atoms with Gasteiger partial charge in [0.2, 0.25) is 0 Å². The molecular formula is C10H10ClF3O2S. The zero-order valence-corrected chi connectivity index (χ0v) is 10.1. The molecule has 2 N–H and O–H groups in total. The SMILES string of the molecule is OC(CS)C(O)c1cc(Cl)cc(C(F)(F)F)c1. The number of alkyl halides is 3. The largest absolute Gasteiger partial charge is 0.416 e. The lowest BCUT2D eigenvalue weighted by molar-refractivity contribution is -0.137. The summed E-state index contributed by atoms with van der Waals surface area (Å²) in [5.74, 6) is -0.0744. The molecule has 2 atom stereocenters. The number of hydrogen-bond donors (Lipinski definition) is 3. The molecule has 1 rings (SSSR count). The molecule has 0 radical (unpaired) electrons. The molecule has 2 unspecified atom stereocenters. The van der Waals surface area contributed by atoms with Gasteiger partial charge in [-0.05, 0) is 23.8 Å². The highest BCUT2D eigenvalue weighted by atomic mass is 35.5. The van der Waals surface area contributed by atoms with E-state index in [9.17, 15) is 23.4 Å². The van der Waals surface area contributed by atoms with Gasteiger partial charge in [0.1, 0.15) is 6.10 Å². The van der Waals surface area contributed by atoms with Crippen molar-refractivity contribution >= 4 is 24.2 Å². The van der Waals surface area contributed by atoms with E-state index >= 15 is 0 Å². The molecule has 0 aliphatic carbocycles. The third-order valence-electron chi connectivity index (χ3n) is 2.14. The second-order valence-electron chi connectivity index (χ2n) is 3.47. The van der Waals surface area contributed by atoms with E-state index in [0.717, 1.165) is 12.1 Å². The van der Waals surface area contributed by atoms with Crippen molar-refractivity contribution in [1.29, 1.82) is 0 Å². The second-order valence-corrected chi connectivity index (χ2v) is 4.27. The molecule has 0 fully saturated rings. The molecule has 0 saturated heterocycles. The highest BCUT2D eigenvalue weighted by Crippen LogP contribution is 2.33. The molecule has 1 aromatic carbocycles. The summed E-state index contributed by atoms with van der Waals surface area (Å²) < 4.78 is 37.4. The smallest absolute Gasteiger partial charge is 0.389 e. The van der Waals surface area contributed by atoms with Crippen LogP contribution < -0.4 is 0 Å². The van der Waals surface area contributed by atoms with Gasteiger partial charge >= 0.3 is 6.18 Å². The van der Waals surface area contributed by atoms with Crippen molar-refractivity contribution < 1.29 is 23.4 Å². The highest BCUT2D eigenvalue weighted by Gasteiger charge is 2.32. The summed E-state index contributed by atoms with van der Waals surface area (Å²) in [6, 6.07) is 2.68. The van der Waals surface area contributed by atoms with Crippen LogP contribution in [0.4, 0.5) is 13.2 Å². The molecule has 17 heavy (non-hydrogen) atoms. The summed E-state index contributed by atoms with van der Waals surface area (Å²) in [7, 11) is 0. The van der Waals surface area contributed by atoms with Crippen molar-refractivity contribution in [3.8, 4) is 0 Å².